The third-order valence-electron chi connectivity index (χ3n) is 5.71. The van der Waals surface area contributed by atoms with Gasteiger partial charge in [-0.2, -0.15) is 4.98 Å². The molecular weight excluding hydrogens is 416 g/mol. The average Bonchev–Trinajstić information content (AvgIpc) is 3.47. The topological polar surface area (TPSA) is 76.3 Å². The molecule has 5 rings (SSSR count). The first kappa shape index (κ1) is 19.4. The van der Waals surface area contributed by atoms with E-state index in [1.54, 1.807) is 15.9 Å². The van der Waals surface area contributed by atoms with Crippen LogP contribution in [0.4, 0.5) is 0 Å². The number of carbonyl (C=O) groups excluding carboxylic acids is 1. The Labute approximate surface area is 182 Å². The van der Waals surface area contributed by atoms with Crippen LogP contribution in [0.15, 0.2) is 29.4 Å². The number of aromatic nitrogens is 5. The Bertz CT molecular complexity index is 1230. The lowest BCUT2D eigenvalue weighted by molar-refractivity contribution is -0.131. The van der Waals surface area contributed by atoms with Crippen molar-refractivity contribution in [2.45, 2.75) is 44.3 Å². The highest BCUT2D eigenvalue weighted by atomic mass is 32.2. The molecule has 4 heterocycles. The van der Waals surface area contributed by atoms with Gasteiger partial charge in [-0.15, -0.1) is 16.4 Å². The van der Waals surface area contributed by atoms with Gasteiger partial charge in [0.25, 0.3) is 5.78 Å². The van der Waals surface area contributed by atoms with E-state index in [0.29, 0.717) is 17.4 Å². The van der Waals surface area contributed by atoms with Gasteiger partial charge in [-0.25, -0.2) is 14.5 Å². The number of amides is 1. The fraction of sp³-hybridized carbons (Fsp3) is 0.381. The molecule has 0 saturated carbocycles. The van der Waals surface area contributed by atoms with Crippen LogP contribution in [0.1, 0.15) is 40.8 Å². The number of fused-ring (bicyclic) bond motifs is 2. The lowest BCUT2D eigenvalue weighted by Gasteiger charge is -2.24. The van der Waals surface area contributed by atoms with Gasteiger partial charge in [0.2, 0.25) is 11.1 Å². The quantitative estimate of drug-likeness (QED) is 0.449. The Kier molecular flexibility index (Phi) is 4.94. The van der Waals surface area contributed by atoms with Gasteiger partial charge in [0, 0.05) is 23.5 Å². The van der Waals surface area contributed by atoms with E-state index < -0.39 is 0 Å². The minimum atomic E-state index is 0.0571. The lowest BCUT2D eigenvalue weighted by atomic mass is 10.1. The monoisotopic (exact) mass is 438 g/mol. The number of rotatable bonds is 4. The summed E-state index contributed by atoms with van der Waals surface area (Å²) in [6.07, 6.45) is 4.22. The van der Waals surface area contributed by atoms with Gasteiger partial charge in [-0.1, -0.05) is 23.9 Å². The molecule has 0 spiro atoms. The first-order valence-electron chi connectivity index (χ1n) is 9.97. The molecule has 1 aliphatic rings. The number of aryl methyl sites for hydroxylation is 2. The molecule has 1 aromatic carbocycles. The normalized spacial score (nSPS) is 16.8. The highest BCUT2D eigenvalue weighted by Crippen LogP contribution is 2.37. The maximum Gasteiger partial charge on any atom is 0.253 e. The zero-order chi connectivity index (χ0) is 20.8. The second-order valence-electron chi connectivity index (χ2n) is 7.51. The molecule has 7 nitrogen and oxygen atoms in total. The van der Waals surface area contributed by atoms with E-state index in [9.17, 15) is 4.79 Å². The fourth-order valence-corrected chi connectivity index (χ4v) is 5.59. The predicted molar refractivity (Wildman–Crippen MR) is 119 cm³/mol. The van der Waals surface area contributed by atoms with Gasteiger partial charge in [0.05, 0.1) is 22.7 Å². The largest absolute Gasteiger partial charge is 0.333 e. The van der Waals surface area contributed by atoms with Crippen molar-refractivity contribution in [2.75, 3.05) is 12.8 Å². The number of para-hydroxylation sites is 1. The molecule has 9 heteroatoms. The minimum Gasteiger partial charge on any atom is -0.333 e. The second-order valence-corrected chi connectivity index (χ2v) is 9.35. The zero-order valence-electron chi connectivity index (χ0n) is 17.1. The van der Waals surface area contributed by atoms with E-state index in [-0.39, 0.29) is 11.9 Å². The van der Waals surface area contributed by atoms with Crippen molar-refractivity contribution < 1.29 is 4.79 Å². The molecule has 4 aromatic rings. The highest BCUT2D eigenvalue weighted by molar-refractivity contribution is 7.98. The SMILES string of the molecule is CSc1nc2nc(C)c(CC(=O)N3CCCC3c3nc4ccccc4s3)c(C)n2n1. The minimum absolute atomic E-state index is 0.0571. The molecule has 1 saturated heterocycles. The van der Waals surface area contributed by atoms with Crippen molar-refractivity contribution in [3.05, 3.63) is 46.2 Å². The molecule has 1 unspecified atom stereocenters. The summed E-state index contributed by atoms with van der Waals surface area (Å²) in [6.45, 7) is 4.70. The van der Waals surface area contributed by atoms with Crippen molar-refractivity contribution >= 4 is 45.0 Å². The number of hydrogen-bond acceptors (Lipinski definition) is 7. The third kappa shape index (κ3) is 3.26. The summed E-state index contributed by atoms with van der Waals surface area (Å²) in [5, 5.41) is 6.21. The summed E-state index contributed by atoms with van der Waals surface area (Å²) in [5.74, 6) is 0.702. The first-order valence-corrected chi connectivity index (χ1v) is 12.0. The molecular formula is C21H22N6OS2. The Hall–Kier alpha value is -2.52. The van der Waals surface area contributed by atoms with Gasteiger partial charge >= 0.3 is 0 Å². The Morgan fingerprint density at radius 3 is 2.87 bits per heavy atom. The van der Waals surface area contributed by atoms with Crippen molar-refractivity contribution in [3.63, 3.8) is 0 Å². The summed E-state index contributed by atoms with van der Waals surface area (Å²) < 4.78 is 2.92. The molecule has 0 bridgehead atoms. The van der Waals surface area contributed by atoms with E-state index in [1.807, 2.05) is 43.2 Å². The van der Waals surface area contributed by atoms with Crippen LogP contribution < -0.4 is 0 Å². The molecule has 1 aliphatic heterocycles. The molecule has 0 N–H and O–H groups in total. The van der Waals surface area contributed by atoms with Crippen LogP contribution in [0.2, 0.25) is 0 Å². The third-order valence-corrected chi connectivity index (χ3v) is 7.38. The van der Waals surface area contributed by atoms with Crippen LogP contribution in [0.25, 0.3) is 16.0 Å². The van der Waals surface area contributed by atoms with E-state index in [1.165, 1.54) is 16.5 Å². The molecule has 0 aliphatic carbocycles. The number of likely N-dealkylation sites (tertiary alicyclic amines) is 1. The number of nitrogens with zero attached hydrogens (tertiary/aromatic N) is 6. The van der Waals surface area contributed by atoms with Crippen molar-refractivity contribution in [1.82, 2.24) is 29.5 Å². The standard InChI is InChI=1S/C21H22N6OS2/c1-12-14(13(2)27-20(22-12)24-21(25-27)29-3)11-18(28)26-10-6-8-16(26)19-23-15-7-4-5-9-17(15)30-19/h4-5,7,9,16H,6,8,10-11H2,1-3H3. The molecule has 1 atom stereocenters. The molecule has 154 valence electrons. The number of carbonyl (C=O) groups is 1. The first-order chi connectivity index (χ1) is 14.5. The van der Waals surface area contributed by atoms with Crippen LogP contribution in [0.3, 0.4) is 0 Å². The van der Waals surface area contributed by atoms with Crippen LogP contribution in [0.5, 0.6) is 0 Å². The van der Waals surface area contributed by atoms with Crippen LogP contribution in [0, 0.1) is 13.8 Å². The summed E-state index contributed by atoms with van der Waals surface area (Å²) in [4.78, 5) is 29.2. The van der Waals surface area contributed by atoms with Crippen molar-refractivity contribution in [3.8, 4) is 0 Å². The number of thiazole rings is 1. The Morgan fingerprint density at radius 2 is 2.07 bits per heavy atom. The van der Waals surface area contributed by atoms with E-state index in [0.717, 1.165) is 46.9 Å². The van der Waals surface area contributed by atoms with Crippen LogP contribution >= 0.6 is 23.1 Å². The van der Waals surface area contributed by atoms with Gasteiger partial charge in [-0.05, 0) is 45.1 Å². The van der Waals surface area contributed by atoms with Gasteiger partial charge < -0.3 is 4.90 Å². The van der Waals surface area contributed by atoms with Gasteiger partial charge in [0.15, 0.2) is 0 Å². The second kappa shape index (κ2) is 7.63. The van der Waals surface area contributed by atoms with E-state index in [2.05, 4.69) is 21.1 Å². The summed E-state index contributed by atoms with van der Waals surface area (Å²) in [5.41, 5.74) is 3.70. The van der Waals surface area contributed by atoms with Gasteiger partial charge in [0.1, 0.15) is 5.01 Å². The number of hydrogen-bond donors (Lipinski definition) is 0. The smallest absolute Gasteiger partial charge is 0.253 e. The van der Waals surface area contributed by atoms with Crippen LogP contribution in [-0.2, 0) is 11.2 Å². The highest BCUT2D eigenvalue weighted by Gasteiger charge is 2.32. The molecule has 3 aromatic heterocycles. The molecule has 1 amide bonds. The number of benzene rings is 1. The predicted octanol–water partition coefficient (Wildman–Crippen LogP) is 3.98. The Balaban J connectivity index is 1.44. The van der Waals surface area contributed by atoms with Crippen molar-refractivity contribution in [1.29, 1.82) is 0 Å². The Morgan fingerprint density at radius 1 is 1.23 bits per heavy atom. The van der Waals surface area contributed by atoms with Gasteiger partial charge in [-0.3, -0.25) is 4.79 Å². The van der Waals surface area contributed by atoms with E-state index in [4.69, 9.17) is 4.98 Å². The fourth-order valence-electron chi connectivity index (χ4n) is 4.14. The summed E-state index contributed by atoms with van der Waals surface area (Å²) in [6, 6.07) is 8.21. The molecule has 0 radical (unpaired) electrons. The maximum absolute atomic E-state index is 13.3. The zero-order valence-corrected chi connectivity index (χ0v) is 18.8. The average molecular weight is 439 g/mol. The summed E-state index contributed by atoms with van der Waals surface area (Å²) in [7, 11) is 0. The van der Waals surface area contributed by atoms with Crippen LogP contribution in [-0.4, -0.2) is 48.2 Å². The molecule has 30 heavy (non-hydrogen) atoms. The maximum atomic E-state index is 13.3. The lowest BCUT2D eigenvalue weighted by Crippen LogP contribution is -2.32. The molecule has 1 fully saturated rings. The van der Waals surface area contributed by atoms with E-state index >= 15 is 0 Å². The summed E-state index contributed by atoms with van der Waals surface area (Å²) >= 11 is 3.18. The van der Waals surface area contributed by atoms with Crippen molar-refractivity contribution in [2.24, 2.45) is 0 Å². The number of thioether (sulfide) groups is 1.